The van der Waals surface area contributed by atoms with Gasteiger partial charge in [-0.15, -0.1) is 0 Å². The molecular weight excluding hydrogens is 238 g/mol. The van der Waals surface area contributed by atoms with E-state index in [9.17, 15) is 0 Å². The van der Waals surface area contributed by atoms with Gasteiger partial charge in [0, 0.05) is 18.1 Å². The molecule has 98 valence electrons. The topological polar surface area (TPSA) is 28.1 Å². The molecule has 19 heavy (non-hydrogen) atoms. The Bertz CT molecular complexity index is 540. The minimum Gasteiger partial charge on any atom is -0.463 e. The normalized spacial score (nSPS) is 17.9. The Morgan fingerprint density at radius 2 is 1.79 bits per heavy atom. The maximum atomic E-state index is 5.44. The van der Waals surface area contributed by atoms with Gasteiger partial charge in [0.05, 0.1) is 6.54 Å². The van der Waals surface area contributed by atoms with Crippen LogP contribution in [0.25, 0.3) is 0 Å². The van der Waals surface area contributed by atoms with E-state index in [-0.39, 0.29) is 0 Å². The van der Waals surface area contributed by atoms with E-state index < -0.39 is 0 Å². The Hall–Kier alpha value is -1.97. The molecule has 2 aliphatic rings. The zero-order valence-corrected chi connectivity index (χ0v) is 11.5. The molecule has 1 aromatic carbocycles. The number of benzene rings is 1. The number of aryl methyl sites for hydroxylation is 3. The van der Waals surface area contributed by atoms with Gasteiger partial charge < -0.3 is 9.64 Å². The Kier molecular flexibility index (Phi) is 2.93. The highest BCUT2D eigenvalue weighted by atomic mass is 16.5. The Morgan fingerprint density at radius 3 is 2.42 bits per heavy atom. The largest absolute Gasteiger partial charge is 0.463 e. The molecule has 0 atom stereocenters. The summed E-state index contributed by atoms with van der Waals surface area (Å²) in [6.07, 6.45) is 3.90. The van der Waals surface area contributed by atoms with Crippen LogP contribution in [0, 0.1) is 27.4 Å². The van der Waals surface area contributed by atoms with Crippen LogP contribution in [0.1, 0.15) is 16.7 Å². The zero-order valence-electron chi connectivity index (χ0n) is 11.5. The monoisotopic (exact) mass is 255 g/mol. The molecule has 0 saturated carbocycles. The first-order valence-corrected chi connectivity index (χ1v) is 6.43. The predicted octanol–water partition coefficient (Wildman–Crippen LogP) is 2.59. The quantitative estimate of drug-likeness (QED) is 0.772. The minimum absolute atomic E-state index is 0.626. The predicted molar refractivity (Wildman–Crippen MR) is 75.6 cm³/mol. The molecule has 2 radical (unpaired) electrons. The van der Waals surface area contributed by atoms with E-state index >= 15 is 0 Å². The fourth-order valence-electron chi connectivity index (χ4n) is 2.57. The summed E-state index contributed by atoms with van der Waals surface area (Å²) in [6, 6.07) is 5.00. The molecule has 4 heteroatoms. The van der Waals surface area contributed by atoms with Gasteiger partial charge in [-0.1, -0.05) is 17.7 Å². The van der Waals surface area contributed by atoms with Gasteiger partial charge in [0.25, 0.3) is 6.02 Å². The van der Waals surface area contributed by atoms with Crippen LogP contribution >= 0.6 is 0 Å². The van der Waals surface area contributed by atoms with Gasteiger partial charge in [-0.3, -0.25) is 4.90 Å². The zero-order chi connectivity index (χ0) is 13.4. The number of rotatable bonds is 1. The number of aliphatic imine (C=N–C) groups is 1. The van der Waals surface area contributed by atoms with Crippen LogP contribution in [0.15, 0.2) is 29.5 Å². The highest BCUT2D eigenvalue weighted by molar-refractivity contribution is 5.79. The van der Waals surface area contributed by atoms with Crippen molar-refractivity contribution in [2.24, 2.45) is 4.99 Å². The molecule has 0 N–H and O–H groups in total. The molecule has 0 unspecified atom stereocenters. The van der Waals surface area contributed by atoms with Crippen molar-refractivity contribution in [3.8, 4) is 0 Å². The molecule has 0 amide bonds. The van der Waals surface area contributed by atoms with Gasteiger partial charge in [-0.05, 0) is 31.9 Å². The second-order valence-electron chi connectivity index (χ2n) is 4.90. The molecule has 0 aromatic heterocycles. The van der Waals surface area contributed by atoms with Gasteiger partial charge in [0.15, 0.2) is 0 Å². The molecule has 3 rings (SSSR count). The van der Waals surface area contributed by atoms with Crippen molar-refractivity contribution in [1.82, 2.24) is 4.90 Å². The first-order chi connectivity index (χ1) is 9.15. The van der Waals surface area contributed by atoms with Crippen molar-refractivity contribution < 1.29 is 4.74 Å². The third kappa shape index (κ3) is 2.18. The number of ether oxygens (including phenoxy) is 1. The van der Waals surface area contributed by atoms with Crippen LogP contribution in [-0.4, -0.2) is 24.1 Å². The summed E-state index contributed by atoms with van der Waals surface area (Å²) >= 11 is 0. The van der Waals surface area contributed by atoms with E-state index in [0.29, 0.717) is 12.6 Å². The molecule has 2 aliphatic heterocycles. The average Bonchev–Trinajstić information content (AvgIpc) is 2.97. The molecule has 0 bridgehead atoms. The SMILES string of the molecule is Cc1cc(C)c(N2[C]N(C3=NCCO3)C=C2)c(C)c1. The second kappa shape index (κ2) is 4.61. The molecule has 0 spiro atoms. The van der Waals surface area contributed by atoms with Gasteiger partial charge in [-0.25, -0.2) is 4.99 Å². The van der Waals surface area contributed by atoms with Gasteiger partial charge in [0.2, 0.25) is 6.67 Å². The fourth-order valence-corrected chi connectivity index (χ4v) is 2.57. The third-order valence-corrected chi connectivity index (χ3v) is 3.23. The third-order valence-electron chi connectivity index (χ3n) is 3.23. The number of nitrogens with zero attached hydrogens (tertiary/aromatic N) is 3. The van der Waals surface area contributed by atoms with E-state index in [1.54, 1.807) is 4.90 Å². The average molecular weight is 255 g/mol. The first-order valence-electron chi connectivity index (χ1n) is 6.43. The minimum atomic E-state index is 0.626. The molecule has 0 fully saturated rings. The van der Waals surface area contributed by atoms with Crippen molar-refractivity contribution >= 4 is 11.7 Å². The molecule has 4 nitrogen and oxygen atoms in total. The van der Waals surface area contributed by atoms with Crippen molar-refractivity contribution in [1.29, 1.82) is 0 Å². The van der Waals surface area contributed by atoms with Crippen LogP contribution < -0.4 is 4.90 Å². The van der Waals surface area contributed by atoms with E-state index in [1.165, 1.54) is 22.4 Å². The number of anilines is 1. The maximum Gasteiger partial charge on any atom is 0.293 e. The van der Waals surface area contributed by atoms with Crippen molar-refractivity contribution in [2.45, 2.75) is 20.8 Å². The van der Waals surface area contributed by atoms with E-state index in [4.69, 9.17) is 4.74 Å². The lowest BCUT2D eigenvalue weighted by atomic mass is 10.0. The van der Waals surface area contributed by atoms with Gasteiger partial charge >= 0.3 is 0 Å². The lowest BCUT2D eigenvalue weighted by Crippen LogP contribution is -2.26. The Labute approximate surface area is 114 Å². The summed E-state index contributed by atoms with van der Waals surface area (Å²) in [5, 5.41) is 0. The molecular formula is C15H17N3O. The van der Waals surface area contributed by atoms with Crippen LogP contribution in [0.5, 0.6) is 0 Å². The van der Waals surface area contributed by atoms with Gasteiger partial charge in [0.1, 0.15) is 6.61 Å². The van der Waals surface area contributed by atoms with Gasteiger partial charge in [-0.2, -0.15) is 0 Å². The number of amidine groups is 1. The van der Waals surface area contributed by atoms with Crippen LogP contribution in [-0.2, 0) is 4.74 Å². The Morgan fingerprint density at radius 1 is 1.11 bits per heavy atom. The van der Waals surface area contributed by atoms with Crippen molar-refractivity contribution in [3.05, 3.63) is 47.9 Å². The molecule has 0 aliphatic carbocycles. The maximum absolute atomic E-state index is 5.44. The number of hydrogen-bond acceptors (Lipinski definition) is 4. The fraction of sp³-hybridized carbons (Fsp3) is 0.333. The highest BCUT2D eigenvalue weighted by Gasteiger charge is 2.25. The van der Waals surface area contributed by atoms with E-state index in [2.05, 4.69) is 44.6 Å². The molecule has 2 heterocycles. The lowest BCUT2D eigenvalue weighted by Gasteiger charge is -2.22. The van der Waals surface area contributed by atoms with Crippen LogP contribution in [0.2, 0.25) is 0 Å². The standard InChI is InChI=1S/C15H17N3O/c1-11-8-12(2)14(13(3)9-11)17-5-6-18(10-17)15-16-4-7-19-15/h5-6,8-9H,4,7H2,1-3H3. The highest BCUT2D eigenvalue weighted by Crippen LogP contribution is 2.30. The first kappa shape index (κ1) is 12.1. The number of hydrogen-bond donors (Lipinski definition) is 0. The van der Waals surface area contributed by atoms with Crippen molar-refractivity contribution in [3.63, 3.8) is 0 Å². The van der Waals surface area contributed by atoms with E-state index in [1.807, 2.05) is 17.3 Å². The molecule has 0 saturated heterocycles. The summed E-state index contributed by atoms with van der Waals surface area (Å²) in [7, 11) is 0. The summed E-state index contributed by atoms with van der Waals surface area (Å²) in [6.45, 7) is 11.0. The smallest absolute Gasteiger partial charge is 0.293 e. The second-order valence-corrected chi connectivity index (χ2v) is 4.90. The van der Waals surface area contributed by atoms with Crippen molar-refractivity contribution in [2.75, 3.05) is 18.1 Å². The summed E-state index contributed by atoms with van der Waals surface area (Å²) in [5.74, 6) is 0. The van der Waals surface area contributed by atoms with Crippen LogP contribution in [0.3, 0.4) is 0 Å². The summed E-state index contributed by atoms with van der Waals surface area (Å²) < 4.78 is 5.44. The summed E-state index contributed by atoms with van der Waals surface area (Å²) in [5.41, 5.74) is 4.93. The van der Waals surface area contributed by atoms with Crippen LogP contribution in [0.4, 0.5) is 5.69 Å². The molecule has 1 aromatic rings. The Balaban J connectivity index is 1.84. The summed E-state index contributed by atoms with van der Waals surface area (Å²) in [4.78, 5) is 8.08. The lowest BCUT2D eigenvalue weighted by molar-refractivity contribution is 0.307. The van der Waals surface area contributed by atoms with E-state index in [0.717, 1.165) is 6.54 Å².